The van der Waals surface area contributed by atoms with Crippen LogP contribution in [0.5, 0.6) is 0 Å². The second kappa shape index (κ2) is 3.97. The summed E-state index contributed by atoms with van der Waals surface area (Å²) < 4.78 is -0.576. The van der Waals surface area contributed by atoms with Crippen LogP contribution in [0.2, 0.25) is 0 Å². The van der Waals surface area contributed by atoms with E-state index in [2.05, 4.69) is 10.6 Å². The number of hydrogen-bond donors (Lipinski definition) is 3. The Labute approximate surface area is 80.8 Å². The van der Waals surface area contributed by atoms with Gasteiger partial charge in [-0.3, -0.25) is 10.1 Å². The molecule has 0 bridgehead atoms. The third kappa shape index (κ3) is 2.35. The smallest absolute Gasteiger partial charge is 0.321 e. The highest BCUT2D eigenvalue weighted by Gasteiger charge is 2.38. The highest BCUT2D eigenvalue weighted by Crippen LogP contribution is 2.25. The van der Waals surface area contributed by atoms with Crippen LogP contribution in [0, 0.1) is 0 Å². The number of rotatable bonds is 3. The van der Waals surface area contributed by atoms with E-state index in [1.165, 1.54) is 11.8 Å². The number of imide groups is 1. The molecule has 3 amide bonds. The summed E-state index contributed by atoms with van der Waals surface area (Å²) in [6, 6.07) is -0.421. The van der Waals surface area contributed by atoms with Crippen LogP contribution in [0.4, 0.5) is 4.79 Å². The van der Waals surface area contributed by atoms with Crippen molar-refractivity contribution in [1.29, 1.82) is 0 Å². The van der Waals surface area contributed by atoms with Gasteiger partial charge in [0.15, 0.2) is 0 Å². The minimum atomic E-state index is -0.576. The normalized spacial score (nSPS) is 28.2. The number of carbonyl (C=O) groups excluding carboxylic acids is 2. The van der Waals surface area contributed by atoms with Crippen molar-refractivity contribution in [3.8, 4) is 0 Å². The summed E-state index contributed by atoms with van der Waals surface area (Å²) >= 11 is 1.46. The molecule has 0 spiro atoms. The Morgan fingerprint density at radius 1 is 1.62 bits per heavy atom. The molecule has 5 nitrogen and oxygen atoms in total. The largest absolute Gasteiger partial charge is 0.336 e. The van der Waals surface area contributed by atoms with E-state index in [9.17, 15) is 9.59 Å². The van der Waals surface area contributed by atoms with E-state index in [0.717, 1.165) is 0 Å². The van der Waals surface area contributed by atoms with E-state index in [0.29, 0.717) is 18.8 Å². The highest BCUT2D eigenvalue weighted by atomic mass is 32.2. The fraction of sp³-hybridized carbons (Fsp3) is 0.714. The first-order chi connectivity index (χ1) is 6.08. The lowest BCUT2D eigenvalue weighted by atomic mass is 10.1. The molecule has 0 aliphatic carbocycles. The molecule has 1 aliphatic heterocycles. The summed E-state index contributed by atoms with van der Waals surface area (Å²) in [6.45, 7) is 2.69. The summed E-state index contributed by atoms with van der Waals surface area (Å²) in [5.41, 5.74) is 5.34. The molecule has 1 saturated heterocycles. The minimum Gasteiger partial charge on any atom is -0.336 e. The van der Waals surface area contributed by atoms with Gasteiger partial charge in [-0.2, -0.15) is 0 Å². The molecule has 0 aromatic carbocycles. The van der Waals surface area contributed by atoms with Crippen LogP contribution in [-0.2, 0) is 4.79 Å². The zero-order chi connectivity index (χ0) is 9.90. The van der Waals surface area contributed by atoms with Gasteiger partial charge in [0.1, 0.15) is 4.75 Å². The number of nitrogens with one attached hydrogen (secondary N) is 2. The molecule has 0 saturated carbocycles. The molecule has 13 heavy (non-hydrogen) atoms. The Morgan fingerprint density at radius 2 is 2.31 bits per heavy atom. The lowest BCUT2D eigenvalue weighted by Crippen LogP contribution is -2.60. The van der Waals surface area contributed by atoms with Crippen molar-refractivity contribution in [2.45, 2.75) is 11.7 Å². The number of thioether (sulfide) groups is 1. The molecule has 1 rings (SSSR count). The first kappa shape index (κ1) is 10.3. The molecule has 0 radical (unpaired) electrons. The van der Waals surface area contributed by atoms with Crippen molar-refractivity contribution in [3.63, 3.8) is 0 Å². The first-order valence-electron chi connectivity index (χ1n) is 4.02. The topological polar surface area (TPSA) is 84.2 Å². The standard InChI is InChI=1S/C7H13N3O2S/c1-7(13-3-2-8)4-9-6(12)10-5(7)11/h2-4,8H2,1H3,(H2,9,10,11,12). The quantitative estimate of drug-likeness (QED) is 0.565. The molecule has 0 aromatic rings. The Hall–Kier alpha value is -0.750. The first-order valence-corrected chi connectivity index (χ1v) is 5.00. The Morgan fingerprint density at radius 3 is 2.85 bits per heavy atom. The van der Waals surface area contributed by atoms with Crippen molar-refractivity contribution in [1.82, 2.24) is 10.6 Å². The van der Waals surface area contributed by atoms with Crippen LogP contribution in [-0.4, -0.2) is 35.5 Å². The predicted molar refractivity (Wildman–Crippen MR) is 51.5 cm³/mol. The Bertz CT molecular complexity index is 234. The molecular weight excluding hydrogens is 190 g/mol. The average Bonchev–Trinajstić information content (AvgIpc) is 2.09. The maximum atomic E-state index is 11.4. The predicted octanol–water partition coefficient (Wildman–Crippen LogP) is -0.724. The van der Waals surface area contributed by atoms with E-state index in [1.54, 1.807) is 6.92 Å². The van der Waals surface area contributed by atoms with Gasteiger partial charge in [0.05, 0.1) is 0 Å². The average molecular weight is 203 g/mol. The van der Waals surface area contributed by atoms with E-state index >= 15 is 0 Å². The molecular formula is C7H13N3O2S. The van der Waals surface area contributed by atoms with Gasteiger partial charge in [-0.25, -0.2) is 4.79 Å². The molecule has 74 valence electrons. The monoisotopic (exact) mass is 203 g/mol. The maximum absolute atomic E-state index is 11.4. The van der Waals surface area contributed by atoms with Crippen LogP contribution in [0.15, 0.2) is 0 Å². The van der Waals surface area contributed by atoms with Gasteiger partial charge in [-0.05, 0) is 6.92 Å². The minimum absolute atomic E-state index is 0.241. The maximum Gasteiger partial charge on any atom is 0.321 e. The second-order valence-corrected chi connectivity index (χ2v) is 4.60. The number of carbonyl (C=O) groups is 2. The molecule has 0 aromatic heterocycles. The van der Waals surface area contributed by atoms with Crippen LogP contribution < -0.4 is 16.4 Å². The number of nitrogens with two attached hydrogens (primary N) is 1. The van der Waals surface area contributed by atoms with Gasteiger partial charge in [-0.15, -0.1) is 11.8 Å². The molecule has 1 aliphatic rings. The van der Waals surface area contributed by atoms with Gasteiger partial charge in [0, 0.05) is 18.8 Å². The third-order valence-corrected chi connectivity index (χ3v) is 3.24. The number of amides is 3. The van der Waals surface area contributed by atoms with Crippen LogP contribution >= 0.6 is 11.8 Å². The molecule has 4 N–H and O–H groups in total. The van der Waals surface area contributed by atoms with Crippen LogP contribution in [0.25, 0.3) is 0 Å². The zero-order valence-electron chi connectivity index (χ0n) is 7.42. The van der Waals surface area contributed by atoms with E-state index < -0.39 is 10.8 Å². The Kier molecular flexibility index (Phi) is 3.16. The van der Waals surface area contributed by atoms with Crippen molar-refractivity contribution in [3.05, 3.63) is 0 Å². The summed E-state index contributed by atoms with van der Waals surface area (Å²) in [7, 11) is 0. The van der Waals surface area contributed by atoms with Crippen LogP contribution in [0.1, 0.15) is 6.92 Å². The molecule has 1 fully saturated rings. The lowest BCUT2D eigenvalue weighted by molar-refractivity contribution is -0.122. The van der Waals surface area contributed by atoms with Crippen LogP contribution in [0.3, 0.4) is 0 Å². The molecule has 1 unspecified atom stereocenters. The van der Waals surface area contributed by atoms with Gasteiger partial charge in [-0.1, -0.05) is 0 Å². The lowest BCUT2D eigenvalue weighted by Gasteiger charge is -2.31. The van der Waals surface area contributed by atoms with Gasteiger partial charge in [0.25, 0.3) is 0 Å². The SMILES string of the molecule is CC1(SCCN)CNC(=O)NC1=O. The zero-order valence-corrected chi connectivity index (χ0v) is 8.24. The van der Waals surface area contributed by atoms with Crippen molar-refractivity contribution < 1.29 is 9.59 Å². The van der Waals surface area contributed by atoms with Crippen molar-refractivity contribution >= 4 is 23.7 Å². The van der Waals surface area contributed by atoms with Gasteiger partial charge < -0.3 is 11.1 Å². The van der Waals surface area contributed by atoms with Crippen molar-refractivity contribution in [2.24, 2.45) is 5.73 Å². The van der Waals surface area contributed by atoms with E-state index in [-0.39, 0.29) is 5.91 Å². The van der Waals surface area contributed by atoms with E-state index in [4.69, 9.17) is 5.73 Å². The summed E-state index contributed by atoms with van der Waals surface area (Å²) in [4.78, 5) is 22.2. The van der Waals surface area contributed by atoms with E-state index in [1.807, 2.05) is 0 Å². The van der Waals surface area contributed by atoms with Gasteiger partial charge in [0.2, 0.25) is 5.91 Å². The molecule has 6 heteroatoms. The summed E-state index contributed by atoms with van der Waals surface area (Å²) in [5, 5.41) is 4.81. The molecule has 1 atom stereocenters. The number of hydrogen-bond acceptors (Lipinski definition) is 4. The molecule has 1 heterocycles. The summed E-state index contributed by atoms with van der Waals surface area (Å²) in [6.07, 6.45) is 0. The fourth-order valence-corrected chi connectivity index (χ4v) is 1.93. The van der Waals surface area contributed by atoms with Crippen molar-refractivity contribution in [2.75, 3.05) is 18.8 Å². The summed E-state index contributed by atoms with van der Waals surface area (Å²) in [5.74, 6) is 0.467. The fourth-order valence-electron chi connectivity index (χ4n) is 1.01. The highest BCUT2D eigenvalue weighted by molar-refractivity contribution is 8.01. The Balaban J connectivity index is 2.56. The third-order valence-electron chi connectivity index (χ3n) is 1.83. The van der Waals surface area contributed by atoms with Gasteiger partial charge >= 0.3 is 6.03 Å². The number of urea groups is 1. The second-order valence-electron chi connectivity index (χ2n) is 3.00.